The van der Waals surface area contributed by atoms with E-state index in [1.807, 2.05) is 4.90 Å². The van der Waals surface area contributed by atoms with Crippen molar-refractivity contribution >= 4 is 6.03 Å². The maximum Gasteiger partial charge on any atom is 0.317 e. The summed E-state index contributed by atoms with van der Waals surface area (Å²) in [6, 6.07) is -0.0182. The minimum absolute atomic E-state index is 0.0182. The number of nitrogens with zero attached hydrogens (tertiary/aromatic N) is 2. The summed E-state index contributed by atoms with van der Waals surface area (Å²) in [5.74, 6) is 0. The highest BCUT2D eigenvalue weighted by Gasteiger charge is 2.30. The Balaban J connectivity index is 1.72. The Kier molecular flexibility index (Phi) is 3.08. The van der Waals surface area contributed by atoms with E-state index in [2.05, 4.69) is 5.32 Å². The topological polar surface area (TPSA) is 76.0 Å². The molecule has 0 aromatic heterocycles. The number of amides is 2. The van der Waals surface area contributed by atoms with E-state index in [1.165, 1.54) is 0 Å². The largest absolute Gasteiger partial charge is 0.389 e. The zero-order valence-electron chi connectivity index (χ0n) is 8.59. The summed E-state index contributed by atoms with van der Waals surface area (Å²) in [4.78, 5) is 14.9. The third-order valence-electron chi connectivity index (χ3n) is 2.97. The minimum Gasteiger partial charge on any atom is -0.389 e. The number of hydrogen-bond donors (Lipinski definition) is 3. The summed E-state index contributed by atoms with van der Waals surface area (Å²) in [6.07, 6.45) is -1.28. The van der Waals surface area contributed by atoms with Crippen LogP contribution in [0, 0.1) is 0 Å². The Morgan fingerprint density at radius 1 is 1.27 bits per heavy atom. The number of aliphatic hydroxyl groups is 2. The van der Waals surface area contributed by atoms with Gasteiger partial charge >= 0.3 is 6.03 Å². The molecule has 0 aromatic rings. The molecule has 6 heteroatoms. The molecule has 2 atom stereocenters. The molecular weight excluding hydrogens is 198 g/mol. The standard InChI is InChI=1S/C9H17N3O3/c13-7-5-11(6-8(7)14)3-4-12-2-1-10-9(12)15/h7-8,13-14H,1-6H2,(H,10,15). The van der Waals surface area contributed by atoms with Crippen molar-refractivity contribution in [3.8, 4) is 0 Å². The highest BCUT2D eigenvalue weighted by atomic mass is 16.3. The molecule has 3 N–H and O–H groups in total. The summed E-state index contributed by atoms with van der Waals surface area (Å²) in [5.41, 5.74) is 0. The molecule has 0 spiro atoms. The normalized spacial score (nSPS) is 32.4. The lowest BCUT2D eigenvalue weighted by atomic mass is 10.3. The van der Waals surface area contributed by atoms with Gasteiger partial charge in [0, 0.05) is 39.3 Å². The Morgan fingerprint density at radius 2 is 1.93 bits per heavy atom. The Hall–Kier alpha value is -0.850. The van der Waals surface area contributed by atoms with Gasteiger partial charge in [-0.05, 0) is 0 Å². The van der Waals surface area contributed by atoms with Gasteiger partial charge in [0.2, 0.25) is 0 Å². The van der Waals surface area contributed by atoms with E-state index in [0.717, 1.165) is 6.54 Å². The molecule has 6 nitrogen and oxygen atoms in total. The number of carbonyl (C=O) groups excluding carboxylic acids is 1. The van der Waals surface area contributed by atoms with Crippen LogP contribution in [0.2, 0.25) is 0 Å². The molecule has 2 unspecified atom stereocenters. The number of carbonyl (C=O) groups is 1. The zero-order chi connectivity index (χ0) is 10.8. The van der Waals surface area contributed by atoms with Crippen molar-refractivity contribution in [2.45, 2.75) is 12.2 Å². The van der Waals surface area contributed by atoms with Crippen LogP contribution in [0.4, 0.5) is 4.79 Å². The van der Waals surface area contributed by atoms with Crippen molar-refractivity contribution in [3.05, 3.63) is 0 Å². The fraction of sp³-hybridized carbons (Fsp3) is 0.889. The van der Waals surface area contributed by atoms with Crippen LogP contribution in [0.15, 0.2) is 0 Å². The van der Waals surface area contributed by atoms with Crippen LogP contribution in [0.5, 0.6) is 0 Å². The van der Waals surface area contributed by atoms with E-state index in [-0.39, 0.29) is 6.03 Å². The second kappa shape index (κ2) is 4.34. The molecule has 86 valence electrons. The number of hydrogen-bond acceptors (Lipinski definition) is 4. The molecule has 2 amide bonds. The quantitative estimate of drug-likeness (QED) is 0.511. The van der Waals surface area contributed by atoms with Crippen molar-refractivity contribution in [2.24, 2.45) is 0 Å². The maximum absolute atomic E-state index is 11.2. The molecule has 0 aromatic carbocycles. The predicted molar refractivity (Wildman–Crippen MR) is 53.4 cm³/mol. The first kappa shape index (κ1) is 10.7. The molecule has 0 saturated carbocycles. The molecule has 2 aliphatic rings. The van der Waals surface area contributed by atoms with Gasteiger partial charge in [0.25, 0.3) is 0 Å². The van der Waals surface area contributed by atoms with E-state index >= 15 is 0 Å². The molecule has 0 radical (unpaired) electrons. The number of rotatable bonds is 3. The summed E-state index contributed by atoms with van der Waals surface area (Å²) >= 11 is 0. The molecule has 0 aliphatic carbocycles. The van der Waals surface area contributed by atoms with Crippen LogP contribution in [-0.2, 0) is 0 Å². The molecule has 2 saturated heterocycles. The first-order valence-corrected chi connectivity index (χ1v) is 5.28. The van der Waals surface area contributed by atoms with Gasteiger partial charge < -0.3 is 20.4 Å². The van der Waals surface area contributed by atoms with Gasteiger partial charge in [0.05, 0.1) is 12.2 Å². The third kappa shape index (κ3) is 2.39. The van der Waals surface area contributed by atoms with Crippen LogP contribution in [0.3, 0.4) is 0 Å². The Labute approximate surface area is 88.5 Å². The van der Waals surface area contributed by atoms with Crippen molar-refractivity contribution in [1.82, 2.24) is 15.1 Å². The summed E-state index contributed by atoms with van der Waals surface area (Å²) < 4.78 is 0. The molecule has 15 heavy (non-hydrogen) atoms. The second-order valence-corrected chi connectivity index (χ2v) is 4.11. The van der Waals surface area contributed by atoms with Gasteiger partial charge in [0.15, 0.2) is 0 Å². The molecule has 2 heterocycles. The van der Waals surface area contributed by atoms with Gasteiger partial charge in [0.1, 0.15) is 0 Å². The maximum atomic E-state index is 11.2. The fourth-order valence-electron chi connectivity index (χ4n) is 2.02. The van der Waals surface area contributed by atoms with Crippen LogP contribution in [0.25, 0.3) is 0 Å². The lowest BCUT2D eigenvalue weighted by Crippen LogP contribution is -2.36. The van der Waals surface area contributed by atoms with Crippen LogP contribution in [0.1, 0.15) is 0 Å². The molecular formula is C9H17N3O3. The molecule has 2 rings (SSSR count). The van der Waals surface area contributed by atoms with Crippen LogP contribution < -0.4 is 5.32 Å². The first-order chi connectivity index (χ1) is 7.16. The van der Waals surface area contributed by atoms with Crippen molar-refractivity contribution < 1.29 is 15.0 Å². The van der Waals surface area contributed by atoms with Crippen LogP contribution in [-0.4, -0.2) is 77.5 Å². The lowest BCUT2D eigenvalue weighted by Gasteiger charge is -2.19. The van der Waals surface area contributed by atoms with E-state index in [9.17, 15) is 15.0 Å². The first-order valence-electron chi connectivity index (χ1n) is 5.28. The number of β-amino-alcohol motifs (C(OH)–C–C–N with tert-alkyl or cyclic N) is 2. The highest BCUT2D eigenvalue weighted by molar-refractivity contribution is 5.76. The number of likely N-dealkylation sites (tertiary alicyclic amines) is 1. The van der Waals surface area contributed by atoms with Gasteiger partial charge in [-0.3, -0.25) is 4.90 Å². The average molecular weight is 215 g/mol. The van der Waals surface area contributed by atoms with E-state index in [1.54, 1.807) is 4.90 Å². The SMILES string of the molecule is O=C1NCCN1CCN1CC(O)C(O)C1. The predicted octanol–water partition coefficient (Wildman–Crippen LogP) is -1.95. The summed E-state index contributed by atoms with van der Waals surface area (Å²) in [7, 11) is 0. The molecule has 2 aliphatic heterocycles. The number of aliphatic hydroxyl groups excluding tert-OH is 2. The monoisotopic (exact) mass is 215 g/mol. The Morgan fingerprint density at radius 3 is 2.47 bits per heavy atom. The smallest absolute Gasteiger partial charge is 0.317 e. The van der Waals surface area contributed by atoms with Gasteiger partial charge in [-0.15, -0.1) is 0 Å². The van der Waals surface area contributed by atoms with E-state index in [0.29, 0.717) is 32.7 Å². The van der Waals surface area contributed by atoms with E-state index in [4.69, 9.17) is 0 Å². The van der Waals surface area contributed by atoms with Crippen molar-refractivity contribution in [1.29, 1.82) is 0 Å². The molecule has 2 fully saturated rings. The van der Waals surface area contributed by atoms with E-state index < -0.39 is 12.2 Å². The van der Waals surface area contributed by atoms with Crippen molar-refractivity contribution in [2.75, 3.05) is 39.3 Å². The number of urea groups is 1. The lowest BCUT2D eigenvalue weighted by molar-refractivity contribution is 0.0572. The third-order valence-corrected chi connectivity index (χ3v) is 2.97. The fourth-order valence-corrected chi connectivity index (χ4v) is 2.02. The number of nitrogens with one attached hydrogen (secondary N) is 1. The van der Waals surface area contributed by atoms with Crippen LogP contribution >= 0.6 is 0 Å². The minimum atomic E-state index is -0.641. The summed E-state index contributed by atoms with van der Waals surface area (Å²) in [5, 5.41) is 21.4. The van der Waals surface area contributed by atoms with Gasteiger partial charge in [-0.2, -0.15) is 0 Å². The van der Waals surface area contributed by atoms with Crippen molar-refractivity contribution in [3.63, 3.8) is 0 Å². The Bertz CT molecular complexity index is 239. The van der Waals surface area contributed by atoms with Gasteiger partial charge in [-0.25, -0.2) is 4.79 Å². The average Bonchev–Trinajstić information content (AvgIpc) is 2.72. The zero-order valence-corrected chi connectivity index (χ0v) is 8.59. The summed E-state index contributed by atoms with van der Waals surface area (Å²) in [6.45, 7) is 3.82. The highest BCUT2D eigenvalue weighted by Crippen LogP contribution is 2.09. The van der Waals surface area contributed by atoms with Gasteiger partial charge in [-0.1, -0.05) is 0 Å². The second-order valence-electron chi connectivity index (χ2n) is 4.11. The molecule has 0 bridgehead atoms.